The Balaban J connectivity index is 0.000000457. The standard InChI is InChI=1S/C12H15NO.C2H6/c1-9-3-4-11-10(5-9)6-14-12(11)7-13(2)8-12;1-2/h3-5H,6-8H2,1-2H3;1-2H3. The van der Waals surface area contributed by atoms with E-state index in [9.17, 15) is 0 Å². The summed E-state index contributed by atoms with van der Waals surface area (Å²) in [5.74, 6) is 0. The summed E-state index contributed by atoms with van der Waals surface area (Å²) in [4.78, 5) is 2.30. The highest BCUT2D eigenvalue weighted by molar-refractivity contribution is 5.40. The highest BCUT2D eigenvalue weighted by Crippen LogP contribution is 2.42. The van der Waals surface area contributed by atoms with Crippen molar-refractivity contribution in [2.75, 3.05) is 20.1 Å². The number of aryl methyl sites for hydroxylation is 1. The quantitative estimate of drug-likeness (QED) is 0.665. The molecule has 3 rings (SSSR count). The van der Waals surface area contributed by atoms with Gasteiger partial charge in [0.15, 0.2) is 0 Å². The fourth-order valence-corrected chi connectivity index (χ4v) is 2.67. The first-order chi connectivity index (χ1) is 7.70. The van der Waals surface area contributed by atoms with Crippen LogP contribution in [0.5, 0.6) is 0 Å². The first-order valence-electron chi connectivity index (χ1n) is 6.12. The van der Waals surface area contributed by atoms with Gasteiger partial charge in [0.25, 0.3) is 0 Å². The Labute approximate surface area is 98.2 Å². The van der Waals surface area contributed by atoms with Crippen molar-refractivity contribution in [2.24, 2.45) is 0 Å². The van der Waals surface area contributed by atoms with Crippen LogP contribution in [0.4, 0.5) is 0 Å². The van der Waals surface area contributed by atoms with E-state index in [-0.39, 0.29) is 5.60 Å². The number of ether oxygens (including phenoxy) is 1. The second-order valence-corrected chi connectivity index (χ2v) is 4.62. The zero-order valence-corrected chi connectivity index (χ0v) is 10.7. The maximum absolute atomic E-state index is 5.93. The topological polar surface area (TPSA) is 12.5 Å². The van der Waals surface area contributed by atoms with E-state index in [0.717, 1.165) is 19.7 Å². The predicted octanol–water partition coefficient (Wildman–Crippen LogP) is 2.69. The fraction of sp³-hybridized carbons (Fsp3) is 0.571. The second kappa shape index (κ2) is 4.19. The molecule has 0 aliphatic carbocycles. The van der Waals surface area contributed by atoms with Gasteiger partial charge in [0.2, 0.25) is 0 Å². The smallest absolute Gasteiger partial charge is 0.119 e. The predicted molar refractivity (Wildman–Crippen MR) is 66.5 cm³/mol. The zero-order chi connectivity index (χ0) is 11.8. The lowest BCUT2D eigenvalue weighted by atomic mass is 9.85. The minimum atomic E-state index is 0.0395. The van der Waals surface area contributed by atoms with Gasteiger partial charge in [-0.3, -0.25) is 4.90 Å². The van der Waals surface area contributed by atoms with Gasteiger partial charge >= 0.3 is 0 Å². The van der Waals surface area contributed by atoms with Crippen LogP contribution in [-0.4, -0.2) is 25.0 Å². The third-order valence-corrected chi connectivity index (χ3v) is 3.31. The van der Waals surface area contributed by atoms with Crippen molar-refractivity contribution in [3.8, 4) is 0 Å². The number of likely N-dealkylation sites (N-methyl/N-ethyl adjacent to an activating group) is 1. The molecular formula is C14H21NO. The van der Waals surface area contributed by atoms with Crippen LogP contribution in [0.25, 0.3) is 0 Å². The number of hydrogen-bond acceptors (Lipinski definition) is 2. The van der Waals surface area contributed by atoms with Gasteiger partial charge in [0.05, 0.1) is 6.61 Å². The van der Waals surface area contributed by atoms with Gasteiger partial charge in [-0.05, 0) is 25.1 Å². The molecule has 0 unspecified atom stereocenters. The Hall–Kier alpha value is -0.860. The van der Waals surface area contributed by atoms with E-state index in [1.54, 1.807) is 0 Å². The SMILES string of the molecule is CC.Cc1ccc2c(c1)COC21CN(C)C1. The van der Waals surface area contributed by atoms with Gasteiger partial charge in [0.1, 0.15) is 5.60 Å². The van der Waals surface area contributed by atoms with Crippen molar-refractivity contribution >= 4 is 0 Å². The van der Waals surface area contributed by atoms with E-state index in [0.29, 0.717) is 0 Å². The van der Waals surface area contributed by atoms with Gasteiger partial charge in [0, 0.05) is 13.1 Å². The summed E-state index contributed by atoms with van der Waals surface area (Å²) < 4.78 is 5.93. The third-order valence-electron chi connectivity index (χ3n) is 3.31. The van der Waals surface area contributed by atoms with Gasteiger partial charge in [-0.25, -0.2) is 0 Å². The van der Waals surface area contributed by atoms with Crippen molar-refractivity contribution in [2.45, 2.75) is 33.0 Å². The van der Waals surface area contributed by atoms with E-state index in [1.165, 1.54) is 16.7 Å². The molecule has 2 aliphatic heterocycles. The van der Waals surface area contributed by atoms with Crippen LogP contribution >= 0.6 is 0 Å². The summed E-state index contributed by atoms with van der Waals surface area (Å²) in [6, 6.07) is 6.68. The van der Waals surface area contributed by atoms with Crippen LogP contribution in [0.1, 0.15) is 30.5 Å². The largest absolute Gasteiger partial charge is 0.363 e. The normalized spacial score (nSPS) is 21.0. The van der Waals surface area contributed by atoms with Crippen LogP contribution in [0.3, 0.4) is 0 Å². The molecule has 2 aliphatic rings. The number of fused-ring (bicyclic) bond motifs is 2. The van der Waals surface area contributed by atoms with Crippen molar-refractivity contribution in [3.63, 3.8) is 0 Å². The summed E-state index contributed by atoms with van der Waals surface area (Å²) in [6.45, 7) is 9.02. The molecule has 1 spiro atoms. The minimum Gasteiger partial charge on any atom is -0.363 e. The maximum Gasteiger partial charge on any atom is 0.119 e. The van der Waals surface area contributed by atoms with Gasteiger partial charge in [-0.1, -0.05) is 37.6 Å². The molecule has 1 fully saturated rings. The number of rotatable bonds is 0. The summed E-state index contributed by atoms with van der Waals surface area (Å²) in [7, 11) is 2.14. The highest BCUT2D eigenvalue weighted by Gasteiger charge is 2.48. The zero-order valence-electron chi connectivity index (χ0n) is 10.7. The van der Waals surface area contributed by atoms with E-state index >= 15 is 0 Å². The minimum absolute atomic E-state index is 0.0395. The Kier molecular flexibility index (Phi) is 3.04. The van der Waals surface area contributed by atoms with Gasteiger partial charge in [-0.15, -0.1) is 0 Å². The van der Waals surface area contributed by atoms with E-state index < -0.39 is 0 Å². The number of hydrogen-bond donors (Lipinski definition) is 0. The maximum atomic E-state index is 5.93. The van der Waals surface area contributed by atoms with Crippen molar-refractivity contribution in [1.29, 1.82) is 0 Å². The summed E-state index contributed by atoms with van der Waals surface area (Å²) in [5.41, 5.74) is 4.18. The van der Waals surface area contributed by atoms with Crippen LogP contribution < -0.4 is 0 Å². The van der Waals surface area contributed by atoms with Crippen LogP contribution in [-0.2, 0) is 16.9 Å². The van der Waals surface area contributed by atoms with Crippen LogP contribution in [0, 0.1) is 6.92 Å². The average molecular weight is 219 g/mol. The average Bonchev–Trinajstić information content (AvgIpc) is 2.60. The monoisotopic (exact) mass is 219 g/mol. The first-order valence-corrected chi connectivity index (χ1v) is 6.12. The van der Waals surface area contributed by atoms with Crippen LogP contribution in [0.2, 0.25) is 0 Å². The molecule has 2 nitrogen and oxygen atoms in total. The lowest BCUT2D eigenvalue weighted by Gasteiger charge is -2.45. The molecule has 0 aromatic heterocycles. The molecule has 0 bridgehead atoms. The van der Waals surface area contributed by atoms with E-state index in [1.807, 2.05) is 13.8 Å². The van der Waals surface area contributed by atoms with Crippen LogP contribution in [0.15, 0.2) is 18.2 Å². The summed E-state index contributed by atoms with van der Waals surface area (Å²) in [6.07, 6.45) is 0. The lowest BCUT2D eigenvalue weighted by molar-refractivity contribution is -0.132. The molecule has 0 atom stereocenters. The summed E-state index contributed by atoms with van der Waals surface area (Å²) >= 11 is 0. The molecule has 0 saturated carbocycles. The summed E-state index contributed by atoms with van der Waals surface area (Å²) in [5, 5.41) is 0. The third kappa shape index (κ3) is 1.66. The molecule has 0 radical (unpaired) electrons. The Bertz CT molecular complexity index is 380. The highest BCUT2D eigenvalue weighted by atomic mass is 16.5. The molecule has 0 amide bonds. The molecule has 0 N–H and O–H groups in total. The molecule has 1 aromatic carbocycles. The van der Waals surface area contributed by atoms with Crippen molar-refractivity contribution in [3.05, 3.63) is 34.9 Å². The number of nitrogens with zero attached hydrogens (tertiary/aromatic N) is 1. The van der Waals surface area contributed by atoms with E-state index in [4.69, 9.17) is 4.74 Å². The molecule has 88 valence electrons. The van der Waals surface area contributed by atoms with Gasteiger partial charge < -0.3 is 4.74 Å². The lowest BCUT2D eigenvalue weighted by Crippen LogP contribution is -2.57. The van der Waals surface area contributed by atoms with Crippen molar-refractivity contribution < 1.29 is 4.74 Å². The Morgan fingerprint density at radius 1 is 1.25 bits per heavy atom. The first kappa shape index (κ1) is 11.6. The molecule has 2 heterocycles. The van der Waals surface area contributed by atoms with Crippen molar-refractivity contribution in [1.82, 2.24) is 4.90 Å². The Morgan fingerprint density at radius 2 is 1.94 bits per heavy atom. The molecule has 1 aromatic rings. The fourth-order valence-electron chi connectivity index (χ4n) is 2.67. The number of benzene rings is 1. The molecular weight excluding hydrogens is 198 g/mol. The second-order valence-electron chi connectivity index (χ2n) is 4.62. The Morgan fingerprint density at radius 3 is 2.56 bits per heavy atom. The van der Waals surface area contributed by atoms with Gasteiger partial charge in [-0.2, -0.15) is 0 Å². The number of likely N-dealkylation sites (tertiary alicyclic amines) is 1. The molecule has 2 heteroatoms. The molecule has 1 saturated heterocycles. The van der Waals surface area contributed by atoms with E-state index in [2.05, 4.69) is 37.1 Å². The molecule has 16 heavy (non-hydrogen) atoms.